The fraction of sp³-hybridized carbons (Fsp3) is 0. The van der Waals surface area contributed by atoms with Gasteiger partial charge in [0.2, 0.25) is 5.95 Å². The van der Waals surface area contributed by atoms with E-state index in [9.17, 15) is 13.2 Å². The Morgan fingerprint density at radius 2 is 1.88 bits per heavy atom. The Balaban J connectivity index is 2.34. The molecule has 0 aliphatic carbocycles. The van der Waals surface area contributed by atoms with Crippen LogP contribution >= 0.6 is 0 Å². The standard InChI is InChI=1S/C10H7F3N4/c11-5-1-2-8(6(12)3-5)16-9-7(13)4-15-10(14)17-9/h1-4H,(H3,14,15,16,17). The maximum absolute atomic E-state index is 13.3. The highest BCUT2D eigenvalue weighted by atomic mass is 19.1. The van der Waals surface area contributed by atoms with Gasteiger partial charge in [0, 0.05) is 6.07 Å². The van der Waals surface area contributed by atoms with Crippen molar-refractivity contribution in [1.29, 1.82) is 0 Å². The second kappa shape index (κ2) is 4.28. The third kappa shape index (κ3) is 2.44. The average molecular weight is 240 g/mol. The molecule has 0 amide bonds. The zero-order chi connectivity index (χ0) is 12.4. The topological polar surface area (TPSA) is 63.8 Å². The molecule has 17 heavy (non-hydrogen) atoms. The van der Waals surface area contributed by atoms with Crippen LogP contribution in [0, 0.1) is 17.5 Å². The van der Waals surface area contributed by atoms with Gasteiger partial charge < -0.3 is 11.1 Å². The number of nitrogens with one attached hydrogen (secondary N) is 1. The molecule has 1 aromatic carbocycles. The summed E-state index contributed by atoms with van der Waals surface area (Å²) < 4.78 is 39.1. The highest BCUT2D eigenvalue weighted by Gasteiger charge is 2.09. The Hall–Kier alpha value is -2.31. The summed E-state index contributed by atoms with van der Waals surface area (Å²) in [5, 5.41) is 2.36. The molecule has 0 bridgehead atoms. The molecule has 7 heteroatoms. The third-order valence-electron chi connectivity index (χ3n) is 1.95. The van der Waals surface area contributed by atoms with E-state index in [-0.39, 0.29) is 17.5 Å². The molecule has 1 aromatic heterocycles. The minimum Gasteiger partial charge on any atom is -0.368 e. The number of nitrogens with zero attached hydrogens (tertiary/aromatic N) is 2. The predicted molar refractivity (Wildman–Crippen MR) is 56.0 cm³/mol. The summed E-state index contributed by atoms with van der Waals surface area (Å²) >= 11 is 0. The number of hydrogen-bond donors (Lipinski definition) is 2. The number of nitrogens with two attached hydrogens (primary N) is 1. The van der Waals surface area contributed by atoms with Crippen LogP contribution in [-0.2, 0) is 0 Å². The van der Waals surface area contributed by atoms with Crippen molar-refractivity contribution in [1.82, 2.24) is 9.97 Å². The molecule has 0 saturated heterocycles. The molecule has 0 aliphatic rings. The van der Waals surface area contributed by atoms with E-state index < -0.39 is 17.5 Å². The highest BCUT2D eigenvalue weighted by molar-refractivity contribution is 5.57. The van der Waals surface area contributed by atoms with Crippen molar-refractivity contribution in [2.75, 3.05) is 11.1 Å². The summed E-state index contributed by atoms with van der Waals surface area (Å²) in [6.45, 7) is 0. The summed E-state index contributed by atoms with van der Waals surface area (Å²) in [5.74, 6) is -2.81. The van der Waals surface area contributed by atoms with Crippen LogP contribution < -0.4 is 11.1 Å². The van der Waals surface area contributed by atoms with E-state index in [1.807, 2.05) is 0 Å². The van der Waals surface area contributed by atoms with Crippen LogP contribution in [0.5, 0.6) is 0 Å². The highest BCUT2D eigenvalue weighted by Crippen LogP contribution is 2.21. The molecule has 0 spiro atoms. The van der Waals surface area contributed by atoms with Crippen LogP contribution in [0.1, 0.15) is 0 Å². The molecular formula is C10H7F3N4. The fourth-order valence-electron chi connectivity index (χ4n) is 1.19. The molecule has 0 radical (unpaired) electrons. The molecule has 0 aliphatic heterocycles. The zero-order valence-electron chi connectivity index (χ0n) is 8.42. The zero-order valence-corrected chi connectivity index (χ0v) is 8.42. The van der Waals surface area contributed by atoms with Crippen molar-refractivity contribution < 1.29 is 13.2 Å². The lowest BCUT2D eigenvalue weighted by molar-refractivity contribution is 0.585. The van der Waals surface area contributed by atoms with E-state index in [2.05, 4.69) is 15.3 Å². The second-order valence-corrected chi connectivity index (χ2v) is 3.17. The normalized spacial score (nSPS) is 10.3. The molecule has 0 saturated carbocycles. The van der Waals surface area contributed by atoms with E-state index in [0.717, 1.165) is 18.3 Å². The maximum atomic E-state index is 13.3. The molecule has 0 atom stereocenters. The Labute approximate surface area is 94.3 Å². The molecule has 0 unspecified atom stereocenters. The second-order valence-electron chi connectivity index (χ2n) is 3.17. The molecule has 2 aromatic rings. The number of nitrogen functional groups attached to an aromatic ring is 1. The van der Waals surface area contributed by atoms with Crippen LogP contribution in [0.2, 0.25) is 0 Å². The van der Waals surface area contributed by atoms with Gasteiger partial charge >= 0.3 is 0 Å². The summed E-state index contributed by atoms with van der Waals surface area (Å²) in [5.41, 5.74) is 5.15. The van der Waals surface area contributed by atoms with Gasteiger partial charge in [-0.05, 0) is 12.1 Å². The smallest absolute Gasteiger partial charge is 0.222 e. The van der Waals surface area contributed by atoms with Crippen molar-refractivity contribution in [3.63, 3.8) is 0 Å². The SMILES string of the molecule is Nc1ncc(F)c(Nc2ccc(F)cc2F)n1. The first-order valence-corrected chi connectivity index (χ1v) is 4.56. The first-order valence-electron chi connectivity index (χ1n) is 4.56. The van der Waals surface area contributed by atoms with Gasteiger partial charge in [-0.3, -0.25) is 0 Å². The lowest BCUT2D eigenvalue weighted by atomic mass is 10.3. The number of halogens is 3. The van der Waals surface area contributed by atoms with Crippen LogP contribution in [0.3, 0.4) is 0 Å². The maximum Gasteiger partial charge on any atom is 0.222 e. The minimum absolute atomic E-state index is 0.108. The summed E-state index contributed by atoms with van der Waals surface area (Å²) in [6.07, 6.45) is 0.853. The Bertz CT molecular complexity index is 559. The van der Waals surface area contributed by atoms with Crippen molar-refractivity contribution >= 4 is 17.5 Å². The van der Waals surface area contributed by atoms with E-state index in [1.54, 1.807) is 0 Å². The summed E-state index contributed by atoms with van der Waals surface area (Å²) in [6, 6.07) is 2.83. The number of aromatic nitrogens is 2. The number of anilines is 3. The molecule has 88 valence electrons. The molecule has 3 N–H and O–H groups in total. The molecule has 1 heterocycles. The lowest BCUT2D eigenvalue weighted by Gasteiger charge is -2.07. The van der Waals surface area contributed by atoms with Gasteiger partial charge in [-0.2, -0.15) is 4.98 Å². The fourth-order valence-corrected chi connectivity index (χ4v) is 1.19. The van der Waals surface area contributed by atoms with Crippen molar-refractivity contribution in [3.05, 3.63) is 41.8 Å². The first kappa shape index (κ1) is 11.2. The Kier molecular flexibility index (Phi) is 2.82. The predicted octanol–water partition coefficient (Wildman–Crippen LogP) is 2.22. The van der Waals surface area contributed by atoms with E-state index in [0.29, 0.717) is 6.07 Å². The molecule has 2 rings (SSSR count). The van der Waals surface area contributed by atoms with Crippen molar-refractivity contribution in [2.45, 2.75) is 0 Å². The van der Waals surface area contributed by atoms with Gasteiger partial charge in [0.15, 0.2) is 11.6 Å². The van der Waals surface area contributed by atoms with Gasteiger partial charge in [-0.15, -0.1) is 0 Å². The van der Waals surface area contributed by atoms with Crippen molar-refractivity contribution in [2.24, 2.45) is 0 Å². The van der Waals surface area contributed by atoms with Crippen molar-refractivity contribution in [3.8, 4) is 0 Å². The lowest BCUT2D eigenvalue weighted by Crippen LogP contribution is -2.03. The van der Waals surface area contributed by atoms with Crippen LogP contribution in [0.25, 0.3) is 0 Å². The van der Waals surface area contributed by atoms with Gasteiger partial charge in [0.05, 0.1) is 11.9 Å². The van der Waals surface area contributed by atoms with Gasteiger partial charge in [-0.25, -0.2) is 18.2 Å². The van der Waals surface area contributed by atoms with E-state index in [1.165, 1.54) is 0 Å². The Morgan fingerprint density at radius 1 is 1.12 bits per heavy atom. The minimum atomic E-state index is -0.860. The van der Waals surface area contributed by atoms with E-state index >= 15 is 0 Å². The molecule has 4 nitrogen and oxygen atoms in total. The largest absolute Gasteiger partial charge is 0.368 e. The van der Waals surface area contributed by atoms with Gasteiger partial charge in [0.25, 0.3) is 0 Å². The Morgan fingerprint density at radius 3 is 2.59 bits per heavy atom. The van der Waals surface area contributed by atoms with Crippen LogP contribution in [0.4, 0.5) is 30.6 Å². The molecular weight excluding hydrogens is 233 g/mol. The van der Waals surface area contributed by atoms with Crippen LogP contribution in [-0.4, -0.2) is 9.97 Å². The monoisotopic (exact) mass is 240 g/mol. The van der Waals surface area contributed by atoms with E-state index in [4.69, 9.17) is 5.73 Å². The number of rotatable bonds is 2. The van der Waals surface area contributed by atoms with Gasteiger partial charge in [-0.1, -0.05) is 0 Å². The first-order chi connectivity index (χ1) is 8.06. The molecule has 0 fully saturated rings. The number of hydrogen-bond acceptors (Lipinski definition) is 4. The summed E-state index contributed by atoms with van der Waals surface area (Å²) in [7, 11) is 0. The average Bonchev–Trinajstić information content (AvgIpc) is 2.27. The summed E-state index contributed by atoms with van der Waals surface area (Å²) in [4.78, 5) is 6.97. The quantitative estimate of drug-likeness (QED) is 0.844. The third-order valence-corrected chi connectivity index (χ3v) is 1.95. The van der Waals surface area contributed by atoms with Gasteiger partial charge in [0.1, 0.15) is 11.6 Å². The number of benzene rings is 1. The van der Waals surface area contributed by atoms with Crippen LogP contribution in [0.15, 0.2) is 24.4 Å².